The third-order valence-electron chi connectivity index (χ3n) is 5.26. The van der Waals surface area contributed by atoms with E-state index in [1.165, 1.54) is 0 Å². The highest BCUT2D eigenvalue weighted by Crippen LogP contribution is 2.26. The van der Waals surface area contributed by atoms with Gasteiger partial charge >= 0.3 is 0 Å². The van der Waals surface area contributed by atoms with Crippen LogP contribution in [0.25, 0.3) is 23.1 Å². The molecule has 3 N–H and O–H groups in total. The Morgan fingerprint density at radius 1 is 1.19 bits per heavy atom. The highest BCUT2D eigenvalue weighted by Gasteiger charge is 2.13. The second kappa shape index (κ2) is 8.89. The summed E-state index contributed by atoms with van der Waals surface area (Å²) in [6.45, 7) is 0.551. The lowest BCUT2D eigenvalue weighted by atomic mass is 10.1. The molecule has 0 saturated carbocycles. The SMILES string of the molecule is CN(CCO)c1ccc(/C=C/c2n[nH]c3ccccc23)c(NC(=O)c2cccn2C)c1. The highest BCUT2D eigenvalue weighted by atomic mass is 16.3. The number of rotatable bonds is 7. The number of carbonyl (C=O) groups is 1. The van der Waals surface area contributed by atoms with Crippen molar-refractivity contribution in [3.63, 3.8) is 0 Å². The number of carbonyl (C=O) groups excluding carboxylic acids is 1. The van der Waals surface area contributed by atoms with E-state index < -0.39 is 0 Å². The van der Waals surface area contributed by atoms with Gasteiger partial charge in [0.15, 0.2) is 0 Å². The first kappa shape index (κ1) is 20.4. The van der Waals surface area contributed by atoms with Crippen LogP contribution in [-0.4, -0.2) is 46.0 Å². The second-order valence-electron chi connectivity index (χ2n) is 7.36. The zero-order chi connectivity index (χ0) is 21.8. The first-order chi connectivity index (χ1) is 15.1. The number of hydrogen-bond acceptors (Lipinski definition) is 4. The molecule has 0 bridgehead atoms. The number of aromatic amines is 1. The van der Waals surface area contributed by atoms with Gasteiger partial charge in [-0.2, -0.15) is 5.10 Å². The van der Waals surface area contributed by atoms with E-state index in [0.717, 1.165) is 27.8 Å². The summed E-state index contributed by atoms with van der Waals surface area (Å²) in [7, 11) is 3.74. The molecule has 0 aliphatic rings. The van der Waals surface area contributed by atoms with Crippen LogP contribution in [-0.2, 0) is 7.05 Å². The van der Waals surface area contributed by atoms with Crippen LogP contribution in [0.5, 0.6) is 0 Å². The lowest BCUT2D eigenvalue weighted by Gasteiger charge is -2.20. The lowest BCUT2D eigenvalue weighted by Crippen LogP contribution is -2.22. The van der Waals surface area contributed by atoms with Gasteiger partial charge in [0.05, 0.1) is 23.5 Å². The first-order valence-corrected chi connectivity index (χ1v) is 10.1. The summed E-state index contributed by atoms with van der Waals surface area (Å²) in [5.74, 6) is -0.186. The van der Waals surface area contributed by atoms with Crippen molar-refractivity contribution in [2.45, 2.75) is 0 Å². The molecule has 0 atom stereocenters. The smallest absolute Gasteiger partial charge is 0.272 e. The Morgan fingerprint density at radius 2 is 2.03 bits per heavy atom. The lowest BCUT2D eigenvalue weighted by molar-refractivity contribution is 0.101. The summed E-state index contributed by atoms with van der Waals surface area (Å²) < 4.78 is 1.78. The van der Waals surface area contributed by atoms with E-state index in [4.69, 9.17) is 0 Å². The van der Waals surface area contributed by atoms with E-state index in [1.807, 2.05) is 85.9 Å². The van der Waals surface area contributed by atoms with E-state index in [1.54, 1.807) is 10.6 Å². The van der Waals surface area contributed by atoms with Crippen molar-refractivity contribution in [1.29, 1.82) is 0 Å². The Hall–Kier alpha value is -3.84. The molecule has 0 aliphatic carbocycles. The van der Waals surface area contributed by atoms with E-state index in [-0.39, 0.29) is 12.5 Å². The summed E-state index contributed by atoms with van der Waals surface area (Å²) in [5.41, 5.74) is 4.82. The van der Waals surface area contributed by atoms with Crippen molar-refractivity contribution in [2.75, 3.05) is 30.4 Å². The van der Waals surface area contributed by atoms with Crippen LogP contribution >= 0.6 is 0 Å². The molecule has 0 unspecified atom stereocenters. The molecular weight excluding hydrogens is 390 g/mol. The third kappa shape index (κ3) is 4.36. The van der Waals surface area contributed by atoms with Crippen LogP contribution in [0.1, 0.15) is 21.7 Å². The molecule has 0 spiro atoms. The molecule has 2 aromatic carbocycles. The average molecular weight is 415 g/mol. The zero-order valence-electron chi connectivity index (χ0n) is 17.5. The zero-order valence-corrected chi connectivity index (χ0v) is 17.5. The second-order valence-corrected chi connectivity index (χ2v) is 7.36. The van der Waals surface area contributed by atoms with Crippen LogP contribution in [0.4, 0.5) is 11.4 Å². The Kier molecular flexibility index (Phi) is 5.86. The maximum atomic E-state index is 12.8. The molecule has 0 saturated heterocycles. The maximum absolute atomic E-state index is 12.8. The van der Waals surface area contributed by atoms with Crippen molar-refractivity contribution >= 4 is 40.3 Å². The highest BCUT2D eigenvalue weighted by molar-refractivity contribution is 6.05. The first-order valence-electron chi connectivity index (χ1n) is 10.1. The van der Waals surface area contributed by atoms with Gasteiger partial charge in [0, 0.05) is 37.9 Å². The summed E-state index contributed by atoms with van der Waals surface area (Å²) >= 11 is 0. The Bertz CT molecular complexity index is 1240. The van der Waals surface area contributed by atoms with Crippen LogP contribution in [0.3, 0.4) is 0 Å². The molecule has 0 fully saturated rings. The van der Waals surface area contributed by atoms with Crippen molar-refractivity contribution in [3.05, 3.63) is 77.7 Å². The monoisotopic (exact) mass is 415 g/mol. The summed E-state index contributed by atoms with van der Waals surface area (Å²) in [6.07, 6.45) is 5.71. The predicted molar refractivity (Wildman–Crippen MR) is 125 cm³/mol. The van der Waals surface area contributed by atoms with E-state index in [2.05, 4.69) is 15.5 Å². The number of para-hydroxylation sites is 1. The van der Waals surface area contributed by atoms with Gasteiger partial charge in [-0.3, -0.25) is 9.89 Å². The molecule has 1 amide bonds. The molecule has 4 rings (SSSR count). The quantitative estimate of drug-likeness (QED) is 0.429. The van der Waals surface area contributed by atoms with Crippen LogP contribution in [0, 0.1) is 0 Å². The molecule has 0 radical (unpaired) electrons. The molecule has 4 aromatic rings. The molecule has 158 valence electrons. The average Bonchev–Trinajstić information content (AvgIpc) is 3.39. The fourth-order valence-electron chi connectivity index (χ4n) is 3.48. The van der Waals surface area contributed by atoms with E-state index >= 15 is 0 Å². The van der Waals surface area contributed by atoms with Crippen LogP contribution in [0.15, 0.2) is 60.8 Å². The van der Waals surface area contributed by atoms with Gasteiger partial charge in [0.25, 0.3) is 5.91 Å². The Labute approximate surface area is 180 Å². The number of H-pyrrole nitrogens is 1. The number of anilines is 2. The number of hydrogen-bond donors (Lipinski definition) is 3. The third-order valence-corrected chi connectivity index (χ3v) is 5.26. The van der Waals surface area contributed by atoms with Crippen molar-refractivity contribution in [2.24, 2.45) is 7.05 Å². The number of aryl methyl sites for hydroxylation is 1. The van der Waals surface area contributed by atoms with Gasteiger partial charge in [0.2, 0.25) is 0 Å². The summed E-state index contributed by atoms with van der Waals surface area (Å²) in [6, 6.07) is 17.4. The fraction of sp³-hybridized carbons (Fsp3) is 0.167. The van der Waals surface area contributed by atoms with Gasteiger partial charge in [-0.25, -0.2) is 0 Å². The van der Waals surface area contributed by atoms with Gasteiger partial charge in [-0.1, -0.05) is 30.3 Å². The number of benzene rings is 2. The van der Waals surface area contributed by atoms with Crippen molar-refractivity contribution < 1.29 is 9.90 Å². The number of fused-ring (bicyclic) bond motifs is 1. The van der Waals surface area contributed by atoms with Crippen LogP contribution in [0.2, 0.25) is 0 Å². The van der Waals surface area contributed by atoms with Gasteiger partial charge in [0.1, 0.15) is 5.69 Å². The summed E-state index contributed by atoms with van der Waals surface area (Å²) in [5, 5.41) is 20.7. The Balaban J connectivity index is 1.68. The molecular formula is C24H25N5O2. The van der Waals surface area contributed by atoms with E-state index in [9.17, 15) is 9.90 Å². The maximum Gasteiger partial charge on any atom is 0.272 e. The normalized spacial score (nSPS) is 11.3. The van der Waals surface area contributed by atoms with Gasteiger partial charge in [-0.05, 0) is 42.0 Å². The van der Waals surface area contributed by atoms with Crippen molar-refractivity contribution in [3.8, 4) is 0 Å². The van der Waals surface area contributed by atoms with Crippen LogP contribution < -0.4 is 10.2 Å². The number of nitrogens with zero attached hydrogens (tertiary/aromatic N) is 3. The van der Waals surface area contributed by atoms with Gasteiger partial charge < -0.3 is 19.9 Å². The van der Waals surface area contributed by atoms with Gasteiger partial charge in [-0.15, -0.1) is 0 Å². The molecule has 2 aromatic heterocycles. The van der Waals surface area contributed by atoms with Crippen molar-refractivity contribution in [1.82, 2.24) is 14.8 Å². The number of aliphatic hydroxyl groups is 1. The number of aromatic nitrogens is 3. The standard InChI is InChI=1S/C24H25N5O2/c1-28(14-15-30)18-11-9-17(10-12-21-19-6-3-4-7-20(19)26-27-21)22(16-18)25-24(31)23-8-5-13-29(23)2/h3-13,16,30H,14-15H2,1-2H3,(H,25,31)(H,26,27)/b12-10+. The minimum absolute atomic E-state index is 0.0510. The number of amides is 1. The number of nitrogens with one attached hydrogen (secondary N) is 2. The molecule has 31 heavy (non-hydrogen) atoms. The molecule has 7 nitrogen and oxygen atoms in total. The largest absolute Gasteiger partial charge is 0.395 e. The minimum atomic E-state index is -0.186. The number of aliphatic hydroxyl groups excluding tert-OH is 1. The fourth-order valence-corrected chi connectivity index (χ4v) is 3.48. The van der Waals surface area contributed by atoms with E-state index in [0.29, 0.717) is 17.9 Å². The summed E-state index contributed by atoms with van der Waals surface area (Å²) in [4.78, 5) is 14.8. The number of likely N-dealkylation sites (N-methyl/N-ethyl adjacent to an activating group) is 1. The molecule has 2 heterocycles. The Morgan fingerprint density at radius 3 is 2.81 bits per heavy atom. The predicted octanol–water partition coefficient (Wildman–Crippen LogP) is 3.75. The topological polar surface area (TPSA) is 86.2 Å². The molecule has 7 heteroatoms. The molecule has 0 aliphatic heterocycles. The minimum Gasteiger partial charge on any atom is -0.395 e.